The van der Waals surface area contributed by atoms with Crippen LogP contribution in [0.2, 0.25) is 0 Å². The molecule has 6 nitrogen and oxygen atoms in total. The number of hydrogen-bond donors (Lipinski definition) is 1. The molecule has 7 heteroatoms. The number of rotatable bonds is 9. The predicted molar refractivity (Wildman–Crippen MR) is 105 cm³/mol. The maximum atomic E-state index is 12.5. The van der Waals surface area contributed by atoms with Gasteiger partial charge < -0.3 is 10.1 Å². The fourth-order valence-corrected chi connectivity index (χ4v) is 3.70. The van der Waals surface area contributed by atoms with Gasteiger partial charge in [-0.1, -0.05) is 25.5 Å². The lowest BCUT2D eigenvalue weighted by Gasteiger charge is -2.17. The average molecular weight is 391 g/mol. The first-order valence-electron chi connectivity index (χ1n) is 8.86. The van der Waals surface area contributed by atoms with Crippen LogP contribution < -0.4 is 10.1 Å². The summed E-state index contributed by atoms with van der Waals surface area (Å²) in [5.74, 6) is 0.500. The van der Waals surface area contributed by atoms with Crippen molar-refractivity contribution in [1.82, 2.24) is 9.62 Å². The molecule has 0 aliphatic rings. The van der Waals surface area contributed by atoms with Crippen LogP contribution in [0.4, 0.5) is 0 Å². The Morgan fingerprint density at radius 2 is 1.70 bits per heavy atom. The molecule has 0 atom stereocenters. The Kier molecular flexibility index (Phi) is 7.38. The Balaban J connectivity index is 2.00. The van der Waals surface area contributed by atoms with Crippen molar-refractivity contribution in [1.29, 1.82) is 0 Å². The smallest absolute Gasteiger partial charge is 0.251 e. The zero-order chi connectivity index (χ0) is 19.9. The first-order valence-corrected chi connectivity index (χ1v) is 10.3. The van der Waals surface area contributed by atoms with E-state index in [1.807, 2.05) is 31.2 Å². The number of benzene rings is 2. The number of sulfonamides is 1. The molecule has 0 heterocycles. The molecule has 27 heavy (non-hydrogen) atoms. The Hall–Kier alpha value is -2.38. The number of nitrogens with zero attached hydrogens (tertiary/aromatic N) is 1. The summed E-state index contributed by atoms with van der Waals surface area (Å²) in [7, 11) is -0.356. The number of amides is 1. The number of hydrogen-bond acceptors (Lipinski definition) is 4. The molecule has 0 fully saturated rings. The van der Waals surface area contributed by atoms with E-state index in [-0.39, 0.29) is 10.8 Å². The third kappa shape index (κ3) is 5.55. The predicted octanol–water partition coefficient (Wildman–Crippen LogP) is 3.05. The number of methoxy groups -OCH3 is 1. The van der Waals surface area contributed by atoms with Gasteiger partial charge in [-0.15, -0.1) is 0 Å². The summed E-state index contributed by atoms with van der Waals surface area (Å²) in [6.45, 7) is 2.87. The molecule has 1 amide bonds. The minimum absolute atomic E-state index is 0.188. The normalized spacial score (nSPS) is 11.4. The molecular formula is C20H26N2O4S. The van der Waals surface area contributed by atoms with Gasteiger partial charge in [0, 0.05) is 25.7 Å². The van der Waals surface area contributed by atoms with Gasteiger partial charge in [0.2, 0.25) is 10.0 Å². The molecule has 1 N–H and O–H groups in total. The monoisotopic (exact) mass is 390 g/mol. The van der Waals surface area contributed by atoms with E-state index in [2.05, 4.69) is 5.32 Å². The van der Waals surface area contributed by atoms with Crippen LogP contribution in [0.25, 0.3) is 0 Å². The fraction of sp³-hybridized carbons (Fsp3) is 0.350. The maximum Gasteiger partial charge on any atom is 0.251 e. The van der Waals surface area contributed by atoms with E-state index in [1.165, 1.54) is 28.6 Å². The first kappa shape index (κ1) is 20.9. The summed E-state index contributed by atoms with van der Waals surface area (Å²) in [6.07, 6.45) is 1.73. The van der Waals surface area contributed by atoms with Crippen LogP contribution >= 0.6 is 0 Å². The van der Waals surface area contributed by atoms with E-state index in [4.69, 9.17) is 4.74 Å². The Bertz CT molecular complexity index is 847. The summed E-state index contributed by atoms with van der Waals surface area (Å²) in [5, 5.41) is 2.82. The van der Waals surface area contributed by atoms with Gasteiger partial charge in [0.1, 0.15) is 5.75 Å². The van der Waals surface area contributed by atoms with Crippen molar-refractivity contribution in [3.8, 4) is 5.75 Å². The molecule has 2 aromatic carbocycles. The summed E-state index contributed by atoms with van der Waals surface area (Å²) in [6, 6.07) is 13.4. The van der Waals surface area contributed by atoms with E-state index in [9.17, 15) is 13.2 Å². The Labute approximate surface area is 161 Å². The lowest BCUT2D eigenvalue weighted by molar-refractivity contribution is 0.0951. The van der Waals surface area contributed by atoms with Gasteiger partial charge in [-0.2, -0.15) is 0 Å². The largest absolute Gasteiger partial charge is 0.497 e. The Morgan fingerprint density at radius 1 is 1.07 bits per heavy atom. The van der Waals surface area contributed by atoms with E-state index in [0.717, 1.165) is 24.2 Å². The Morgan fingerprint density at radius 3 is 2.26 bits per heavy atom. The molecule has 0 spiro atoms. The lowest BCUT2D eigenvalue weighted by atomic mass is 10.2. The van der Waals surface area contributed by atoms with E-state index in [0.29, 0.717) is 18.7 Å². The molecule has 0 aliphatic heterocycles. The second kappa shape index (κ2) is 9.53. The van der Waals surface area contributed by atoms with Crippen molar-refractivity contribution in [2.75, 3.05) is 20.7 Å². The highest BCUT2D eigenvalue weighted by molar-refractivity contribution is 7.89. The minimum Gasteiger partial charge on any atom is -0.497 e. The molecule has 2 aromatic rings. The highest BCUT2D eigenvalue weighted by Gasteiger charge is 2.20. The van der Waals surface area contributed by atoms with Crippen LogP contribution in [-0.2, 0) is 16.6 Å². The number of carbonyl (C=O) groups excluding carboxylic acids is 1. The highest BCUT2D eigenvalue weighted by Crippen LogP contribution is 2.16. The second-order valence-corrected chi connectivity index (χ2v) is 8.28. The quantitative estimate of drug-likeness (QED) is 0.714. The van der Waals surface area contributed by atoms with Crippen molar-refractivity contribution in [3.63, 3.8) is 0 Å². The SMILES string of the molecule is CCCCN(C)S(=O)(=O)c1ccc(C(=O)NCc2ccc(OC)cc2)cc1. The first-order chi connectivity index (χ1) is 12.9. The van der Waals surface area contributed by atoms with Crippen molar-refractivity contribution < 1.29 is 17.9 Å². The summed E-state index contributed by atoms with van der Waals surface area (Å²) in [5.41, 5.74) is 1.36. The van der Waals surface area contributed by atoms with Crippen molar-refractivity contribution in [2.45, 2.75) is 31.2 Å². The van der Waals surface area contributed by atoms with E-state index >= 15 is 0 Å². The minimum atomic E-state index is -3.53. The topological polar surface area (TPSA) is 75.7 Å². The molecule has 0 aliphatic carbocycles. The summed E-state index contributed by atoms with van der Waals surface area (Å²) in [4.78, 5) is 12.5. The lowest BCUT2D eigenvalue weighted by Crippen LogP contribution is -2.28. The number of nitrogens with one attached hydrogen (secondary N) is 1. The van der Waals surface area contributed by atoms with Gasteiger partial charge in [0.15, 0.2) is 0 Å². The zero-order valence-corrected chi connectivity index (χ0v) is 16.8. The van der Waals surface area contributed by atoms with Gasteiger partial charge >= 0.3 is 0 Å². The third-order valence-corrected chi connectivity index (χ3v) is 6.13. The van der Waals surface area contributed by atoms with Gasteiger partial charge in [-0.25, -0.2) is 12.7 Å². The second-order valence-electron chi connectivity index (χ2n) is 6.24. The summed E-state index contributed by atoms with van der Waals surface area (Å²) >= 11 is 0. The van der Waals surface area contributed by atoms with Crippen LogP contribution in [0.5, 0.6) is 5.75 Å². The van der Waals surface area contributed by atoms with Crippen molar-refractivity contribution in [3.05, 3.63) is 59.7 Å². The number of unbranched alkanes of at least 4 members (excludes halogenated alkanes) is 1. The van der Waals surface area contributed by atoms with Crippen LogP contribution in [0.3, 0.4) is 0 Å². The van der Waals surface area contributed by atoms with Gasteiger partial charge in [-0.3, -0.25) is 4.79 Å². The van der Waals surface area contributed by atoms with Crippen LogP contribution in [0, 0.1) is 0 Å². The van der Waals surface area contributed by atoms with E-state index < -0.39 is 10.0 Å². The van der Waals surface area contributed by atoms with Gasteiger partial charge in [0.05, 0.1) is 12.0 Å². The van der Waals surface area contributed by atoms with Gasteiger partial charge in [0.25, 0.3) is 5.91 Å². The van der Waals surface area contributed by atoms with Crippen molar-refractivity contribution >= 4 is 15.9 Å². The number of carbonyl (C=O) groups is 1. The standard InChI is InChI=1S/C20H26N2O4S/c1-4-5-14-22(2)27(24,25)19-12-8-17(9-13-19)20(23)21-15-16-6-10-18(26-3)11-7-16/h6-13H,4-5,14-15H2,1-3H3,(H,21,23). The molecule has 0 saturated heterocycles. The highest BCUT2D eigenvalue weighted by atomic mass is 32.2. The number of ether oxygens (including phenoxy) is 1. The molecule has 0 aromatic heterocycles. The molecule has 0 bridgehead atoms. The molecule has 0 unspecified atom stereocenters. The summed E-state index contributed by atoms with van der Waals surface area (Å²) < 4.78 is 31.4. The molecule has 0 radical (unpaired) electrons. The zero-order valence-electron chi connectivity index (χ0n) is 15.9. The fourth-order valence-electron chi connectivity index (χ4n) is 2.49. The molecule has 2 rings (SSSR count). The van der Waals surface area contributed by atoms with Crippen molar-refractivity contribution in [2.24, 2.45) is 0 Å². The molecule has 146 valence electrons. The van der Waals surface area contributed by atoms with Crippen LogP contribution in [0.15, 0.2) is 53.4 Å². The van der Waals surface area contributed by atoms with Gasteiger partial charge in [-0.05, 0) is 48.4 Å². The average Bonchev–Trinajstić information content (AvgIpc) is 2.70. The van der Waals surface area contributed by atoms with E-state index in [1.54, 1.807) is 14.2 Å². The maximum absolute atomic E-state index is 12.5. The molecule has 0 saturated carbocycles. The molecular weight excluding hydrogens is 364 g/mol. The van der Waals surface area contributed by atoms with Crippen LogP contribution in [0.1, 0.15) is 35.7 Å². The van der Waals surface area contributed by atoms with Crippen LogP contribution in [-0.4, -0.2) is 39.3 Å². The third-order valence-electron chi connectivity index (χ3n) is 4.26.